The van der Waals surface area contributed by atoms with Gasteiger partial charge in [0.1, 0.15) is 13.1 Å². The number of halogens is 1. The fraction of sp³-hybridized carbons (Fsp3) is 0.278. The van der Waals surface area contributed by atoms with E-state index in [1.54, 1.807) is 0 Å². The molecule has 1 saturated heterocycles. The van der Waals surface area contributed by atoms with Gasteiger partial charge in [0, 0.05) is 0 Å². The monoisotopic (exact) mass is 332 g/mol. The van der Waals surface area contributed by atoms with E-state index in [0.29, 0.717) is 5.25 Å². The Morgan fingerprint density at radius 3 is 1.86 bits per heavy atom. The van der Waals surface area contributed by atoms with Crippen molar-refractivity contribution in [1.82, 2.24) is 5.32 Å². The minimum atomic E-state index is 0. The summed E-state index contributed by atoms with van der Waals surface area (Å²) in [6.07, 6.45) is 0. The topological polar surface area (TPSA) is 15.0 Å². The lowest BCUT2D eigenvalue weighted by Crippen LogP contribution is -3.00. The molecule has 0 amide bonds. The fourth-order valence-corrected chi connectivity index (χ4v) is 3.49. The van der Waals surface area contributed by atoms with Crippen LogP contribution in [-0.2, 0) is 13.1 Å². The standard InChI is InChI=1S/C18H20N2S.ClH/c1-15-12-19-18(21-15)20(13-16-8-4-2-5-9-16)14-17-10-6-3-7-11-17;/h2-11,15H,12-14H2,1H3;1H. The van der Waals surface area contributed by atoms with Gasteiger partial charge in [-0.25, -0.2) is 4.58 Å². The molecule has 116 valence electrons. The number of hydrogen-bond acceptors (Lipinski definition) is 1. The zero-order chi connectivity index (χ0) is 14.5. The molecule has 0 aliphatic carbocycles. The molecule has 22 heavy (non-hydrogen) atoms. The SMILES string of the molecule is CC1CNC(=[N+](Cc2ccccc2)Cc2ccccc2)S1.[Cl-]. The summed E-state index contributed by atoms with van der Waals surface area (Å²) >= 11 is 1.94. The molecular weight excluding hydrogens is 312 g/mol. The largest absolute Gasteiger partial charge is 1.00 e. The molecule has 1 atom stereocenters. The predicted octanol–water partition coefficient (Wildman–Crippen LogP) is 0.484. The zero-order valence-corrected chi connectivity index (χ0v) is 14.3. The van der Waals surface area contributed by atoms with Crippen molar-refractivity contribution in [2.75, 3.05) is 6.54 Å². The van der Waals surface area contributed by atoms with Gasteiger partial charge < -0.3 is 12.4 Å². The van der Waals surface area contributed by atoms with E-state index in [2.05, 4.69) is 77.5 Å². The molecule has 2 nitrogen and oxygen atoms in total. The van der Waals surface area contributed by atoms with Crippen molar-refractivity contribution in [3.63, 3.8) is 0 Å². The van der Waals surface area contributed by atoms with Gasteiger partial charge in [0.05, 0.1) is 11.8 Å². The number of rotatable bonds is 4. The van der Waals surface area contributed by atoms with Crippen LogP contribution in [0.4, 0.5) is 0 Å². The third-order valence-electron chi connectivity index (χ3n) is 3.57. The van der Waals surface area contributed by atoms with Crippen molar-refractivity contribution in [2.24, 2.45) is 0 Å². The number of nitrogens with zero attached hydrogens (tertiary/aromatic N) is 1. The smallest absolute Gasteiger partial charge is 0.307 e. The van der Waals surface area contributed by atoms with Gasteiger partial charge in [0.15, 0.2) is 0 Å². The summed E-state index contributed by atoms with van der Waals surface area (Å²) in [6, 6.07) is 21.4. The Bertz CT molecular complexity index is 570. The van der Waals surface area contributed by atoms with Gasteiger partial charge in [0.25, 0.3) is 0 Å². The highest BCUT2D eigenvalue weighted by molar-refractivity contribution is 8.14. The molecule has 3 rings (SSSR count). The quantitative estimate of drug-likeness (QED) is 0.819. The molecule has 0 saturated carbocycles. The molecule has 1 unspecified atom stereocenters. The number of benzene rings is 2. The Kier molecular flexibility index (Phi) is 6.34. The van der Waals surface area contributed by atoms with Crippen LogP contribution in [0.1, 0.15) is 18.1 Å². The molecule has 1 N–H and O–H groups in total. The molecule has 2 aromatic carbocycles. The van der Waals surface area contributed by atoms with Crippen molar-refractivity contribution < 1.29 is 17.0 Å². The van der Waals surface area contributed by atoms with E-state index in [4.69, 9.17) is 0 Å². The molecule has 0 spiro atoms. The molecule has 0 aromatic heterocycles. The lowest BCUT2D eigenvalue weighted by atomic mass is 10.2. The van der Waals surface area contributed by atoms with Crippen LogP contribution >= 0.6 is 11.8 Å². The second-order valence-corrected chi connectivity index (χ2v) is 6.87. The van der Waals surface area contributed by atoms with E-state index in [0.717, 1.165) is 19.6 Å². The van der Waals surface area contributed by atoms with Gasteiger partial charge in [-0.05, 0) is 29.8 Å². The first kappa shape index (κ1) is 16.9. The van der Waals surface area contributed by atoms with Crippen LogP contribution < -0.4 is 17.7 Å². The summed E-state index contributed by atoms with van der Waals surface area (Å²) in [4.78, 5) is 0. The molecule has 1 aliphatic heterocycles. The van der Waals surface area contributed by atoms with Crippen molar-refractivity contribution in [3.8, 4) is 0 Å². The number of amidine groups is 1. The second-order valence-electron chi connectivity index (χ2n) is 5.44. The van der Waals surface area contributed by atoms with Crippen molar-refractivity contribution in [1.29, 1.82) is 0 Å². The summed E-state index contributed by atoms with van der Waals surface area (Å²) in [5, 5.41) is 5.50. The number of nitrogens with one attached hydrogen (secondary N) is 1. The Balaban J connectivity index is 0.00000176. The molecule has 0 bridgehead atoms. The summed E-state index contributed by atoms with van der Waals surface area (Å²) in [6.45, 7) is 5.21. The average Bonchev–Trinajstić information content (AvgIpc) is 2.95. The van der Waals surface area contributed by atoms with Gasteiger partial charge in [0.2, 0.25) is 0 Å². The molecule has 1 fully saturated rings. The molecule has 1 aliphatic rings. The summed E-state index contributed by atoms with van der Waals surface area (Å²) < 4.78 is 2.44. The van der Waals surface area contributed by atoms with Crippen LogP contribution in [0.5, 0.6) is 0 Å². The lowest BCUT2D eigenvalue weighted by Gasteiger charge is -2.10. The van der Waals surface area contributed by atoms with Crippen LogP contribution in [-0.4, -0.2) is 21.5 Å². The van der Waals surface area contributed by atoms with E-state index in [-0.39, 0.29) is 12.4 Å². The second kappa shape index (κ2) is 8.25. The third-order valence-corrected chi connectivity index (χ3v) is 4.77. The van der Waals surface area contributed by atoms with Crippen LogP contribution in [0.2, 0.25) is 0 Å². The molecule has 4 heteroatoms. The highest BCUT2D eigenvalue weighted by Gasteiger charge is 2.26. The minimum Gasteiger partial charge on any atom is -1.00 e. The molecular formula is C18H21ClN2S. The maximum absolute atomic E-state index is 3.55. The van der Waals surface area contributed by atoms with Gasteiger partial charge in [-0.1, -0.05) is 60.7 Å². The van der Waals surface area contributed by atoms with Crippen LogP contribution in [0, 0.1) is 0 Å². The molecule has 1 heterocycles. The highest BCUT2D eigenvalue weighted by atomic mass is 35.5. The lowest BCUT2D eigenvalue weighted by molar-refractivity contribution is -0.559. The number of hydrogen-bond donors (Lipinski definition) is 1. The van der Waals surface area contributed by atoms with Crippen LogP contribution in [0.3, 0.4) is 0 Å². The maximum Gasteiger partial charge on any atom is 0.307 e. The summed E-state index contributed by atoms with van der Waals surface area (Å²) in [5.74, 6) is 0. The predicted molar refractivity (Wildman–Crippen MR) is 90.6 cm³/mol. The average molecular weight is 333 g/mol. The Morgan fingerprint density at radius 2 is 1.45 bits per heavy atom. The van der Waals surface area contributed by atoms with Crippen LogP contribution in [0.15, 0.2) is 60.7 Å². The molecule has 0 radical (unpaired) electrons. The normalized spacial score (nSPS) is 16.8. The first-order valence-corrected chi connectivity index (χ1v) is 8.29. The number of thioether (sulfide) groups is 1. The minimum absolute atomic E-state index is 0. The van der Waals surface area contributed by atoms with Crippen molar-refractivity contribution in [2.45, 2.75) is 25.3 Å². The maximum atomic E-state index is 3.55. The van der Waals surface area contributed by atoms with Crippen LogP contribution in [0.25, 0.3) is 0 Å². The van der Waals surface area contributed by atoms with Gasteiger partial charge >= 0.3 is 5.17 Å². The van der Waals surface area contributed by atoms with Gasteiger partial charge in [-0.3, -0.25) is 5.32 Å². The van der Waals surface area contributed by atoms with E-state index in [9.17, 15) is 0 Å². The first-order valence-electron chi connectivity index (χ1n) is 7.41. The van der Waals surface area contributed by atoms with Gasteiger partial charge in [-0.15, -0.1) is 0 Å². The molecule has 2 aromatic rings. The fourth-order valence-electron chi connectivity index (χ4n) is 2.50. The highest BCUT2D eigenvalue weighted by Crippen LogP contribution is 2.19. The third kappa shape index (κ3) is 4.52. The van der Waals surface area contributed by atoms with E-state index in [1.807, 2.05) is 11.8 Å². The van der Waals surface area contributed by atoms with E-state index in [1.165, 1.54) is 16.3 Å². The van der Waals surface area contributed by atoms with E-state index < -0.39 is 0 Å². The Morgan fingerprint density at radius 1 is 0.955 bits per heavy atom. The summed E-state index contributed by atoms with van der Waals surface area (Å²) in [7, 11) is 0. The zero-order valence-electron chi connectivity index (χ0n) is 12.7. The van der Waals surface area contributed by atoms with Crippen molar-refractivity contribution >= 4 is 16.9 Å². The van der Waals surface area contributed by atoms with Crippen molar-refractivity contribution in [3.05, 3.63) is 71.8 Å². The Labute approximate surface area is 143 Å². The first-order chi connectivity index (χ1) is 10.3. The van der Waals surface area contributed by atoms with E-state index >= 15 is 0 Å². The van der Waals surface area contributed by atoms with Gasteiger partial charge in [-0.2, -0.15) is 0 Å². The Hall–Kier alpha value is -1.45. The summed E-state index contributed by atoms with van der Waals surface area (Å²) in [5.41, 5.74) is 2.70.